The molecule has 0 aliphatic rings. The number of amides is 1. The predicted molar refractivity (Wildman–Crippen MR) is 77.9 cm³/mol. The summed E-state index contributed by atoms with van der Waals surface area (Å²) in [5.74, 6) is 0. The summed E-state index contributed by atoms with van der Waals surface area (Å²) in [6, 6.07) is 12.7. The average molecular weight is 296 g/mol. The summed E-state index contributed by atoms with van der Waals surface area (Å²) >= 11 is 11.9. The van der Waals surface area contributed by atoms with Crippen molar-refractivity contribution in [3.63, 3.8) is 0 Å². The van der Waals surface area contributed by atoms with E-state index in [1.165, 1.54) is 7.11 Å². The molecular formula is C14H11Cl2NO2. The second-order valence-electron chi connectivity index (χ2n) is 3.79. The molecule has 0 bridgehead atoms. The summed E-state index contributed by atoms with van der Waals surface area (Å²) in [5.41, 5.74) is 2.35. The van der Waals surface area contributed by atoms with Crippen LogP contribution in [0.2, 0.25) is 10.0 Å². The first-order valence-electron chi connectivity index (χ1n) is 5.51. The molecule has 1 amide bonds. The van der Waals surface area contributed by atoms with Crippen LogP contribution in [0.4, 0.5) is 10.5 Å². The smallest absolute Gasteiger partial charge is 0.411 e. The van der Waals surface area contributed by atoms with Gasteiger partial charge < -0.3 is 4.74 Å². The summed E-state index contributed by atoms with van der Waals surface area (Å²) < 4.78 is 4.59. The van der Waals surface area contributed by atoms with Crippen LogP contribution in [0.3, 0.4) is 0 Å². The number of carbonyl (C=O) groups is 1. The van der Waals surface area contributed by atoms with Gasteiger partial charge in [-0.05, 0) is 23.8 Å². The minimum Gasteiger partial charge on any atom is -0.453 e. The molecule has 19 heavy (non-hydrogen) atoms. The van der Waals surface area contributed by atoms with Gasteiger partial charge in [-0.1, -0.05) is 47.5 Å². The largest absolute Gasteiger partial charge is 0.453 e. The van der Waals surface area contributed by atoms with E-state index in [1.54, 1.807) is 18.2 Å². The van der Waals surface area contributed by atoms with Crippen LogP contribution < -0.4 is 5.32 Å². The SMILES string of the molecule is COC(=O)Nc1ccccc1-c1ccc(Cl)c(Cl)c1. The summed E-state index contributed by atoms with van der Waals surface area (Å²) in [6.07, 6.45) is -0.521. The van der Waals surface area contributed by atoms with Gasteiger partial charge in [0, 0.05) is 5.56 Å². The topological polar surface area (TPSA) is 38.3 Å². The Balaban J connectivity index is 2.43. The lowest BCUT2D eigenvalue weighted by molar-refractivity contribution is 0.187. The molecule has 0 aromatic heterocycles. The molecule has 98 valence electrons. The van der Waals surface area contributed by atoms with Gasteiger partial charge in [0.05, 0.1) is 22.8 Å². The number of halogens is 2. The third-order valence-corrected chi connectivity index (χ3v) is 3.32. The van der Waals surface area contributed by atoms with Gasteiger partial charge in [0.25, 0.3) is 0 Å². The highest BCUT2D eigenvalue weighted by Crippen LogP contribution is 2.32. The second-order valence-corrected chi connectivity index (χ2v) is 4.61. The van der Waals surface area contributed by atoms with Crippen LogP contribution in [0.1, 0.15) is 0 Å². The second kappa shape index (κ2) is 5.95. The lowest BCUT2D eigenvalue weighted by Crippen LogP contribution is -2.11. The van der Waals surface area contributed by atoms with Crippen LogP contribution in [0.15, 0.2) is 42.5 Å². The van der Waals surface area contributed by atoms with Crippen LogP contribution in [-0.4, -0.2) is 13.2 Å². The number of nitrogens with one attached hydrogen (secondary N) is 1. The highest BCUT2D eigenvalue weighted by atomic mass is 35.5. The Morgan fingerprint density at radius 3 is 2.53 bits per heavy atom. The predicted octanol–water partition coefficient (Wildman–Crippen LogP) is 4.84. The van der Waals surface area contributed by atoms with Crippen LogP contribution in [0.5, 0.6) is 0 Å². The monoisotopic (exact) mass is 295 g/mol. The van der Waals surface area contributed by atoms with E-state index in [1.807, 2.05) is 24.3 Å². The molecular weight excluding hydrogens is 285 g/mol. The average Bonchev–Trinajstić information content (AvgIpc) is 2.42. The fourth-order valence-electron chi connectivity index (χ4n) is 1.67. The van der Waals surface area contributed by atoms with Gasteiger partial charge in [0.15, 0.2) is 0 Å². The Labute approximate surface area is 121 Å². The van der Waals surface area contributed by atoms with Gasteiger partial charge >= 0.3 is 6.09 Å². The van der Waals surface area contributed by atoms with Crippen LogP contribution >= 0.6 is 23.2 Å². The molecule has 0 radical (unpaired) electrons. The molecule has 0 saturated heterocycles. The molecule has 0 saturated carbocycles. The van der Waals surface area contributed by atoms with E-state index in [0.717, 1.165) is 11.1 Å². The van der Waals surface area contributed by atoms with Crippen molar-refractivity contribution in [2.45, 2.75) is 0 Å². The number of para-hydroxylation sites is 1. The fourth-order valence-corrected chi connectivity index (χ4v) is 1.97. The molecule has 0 aliphatic heterocycles. The van der Waals surface area contributed by atoms with Gasteiger partial charge in [-0.25, -0.2) is 4.79 Å². The molecule has 2 rings (SSSR count). The van der Waals surface area contributed by atoms with Gasteiger partial charge in [-0.3, -0.25) is 5.32 Å². The third-order valence-electron chi connectivity index (χ3n) is 2.58. The van der Waals surface area contributed by atoms with E-state index in [4.69, 9.17) is 23.2 Å². The molecule has 0 aliphatic carbocycles. The first-order valence-corrected chi connectivity index (χ1v) is 6.27. The Bertz CT molecular complexity index is 614. The van der Waals surface area contributed by atoms with Crippen molar-refractivity contribution in [1.82, 2.24) is 0 Å². The minimum atomic E-state index is -0.521. The van der Waals surface area contributed by atoms with E-state index in [-0.39, 0.29) is 0 Å². The zero-order valence-corrected chi connectivity index (χ0v) is 11.6. The van der Waals surface area contributed by atoms with Crippen molar-refractivity contribution >= 4 is 35.0 Å². The van der Waals surface area contributed by atoms with Crippen molar-refractivity contribution in [3.8, 4) is 11.1 Å². The number of ether oxygens (including phenoxy) is 1. The Morgan fingerprint density at radius 2 is 1.84 bits per heavy atom. The number of rotatable bonds is 2. The molecule has 0 atom stereocenters. The van der Waals surface area contributed by atoms with E-state index in [9.17, 15) is 4.79 Å². The Hall–Kier alpha value is -1.71. The summed E-state index contributed by atoms with van der Waals surface area (Å²) in [6.45, 7) is 0. The molecule has 2 aromatic carbocycles. The van der Waals surface area contributed by atoms with Gasteiger partial charge in [0.1, 0.15) is 0 Å². The maximum absolute atomic E-state index is 11.3. The van der Waals surface area contributed by atoms with Crippen LogP contribution in [0.25, 0.3) is 11.1 Å². The van der Waals surface area contributed by atoms with Crippen LogP contribution in [0, 0.1) is 0 Å². The lowest BCUT2D eigenvalue weighted by Gasteiger charge is -2.11. The number of hydrogen-bond acceptors (Lipinski definition) is 2. The molecule has 2 aromatic rings. The first kappa shape index (κ1) is 13.7. The molecule has 0 unspecified atom stereocenters. The lowest BCUT2D eigenvalue weighted by atomic mass is 10.0. The van der Waals surface area contributed by atoms with Gasteiger partial charge in [0.2, 0.25) is 0 Å². The third kappa shape index (κ3) is 3.19. The van der Waals surface area contributed by atoms with Crippen molar-refractivity contribution in [2.24, 2.45) is 0 Å². The van der Waals surface area contributed by atoms with E-state index in [0.29, 0.717) is 15.7 Å². The molecule has 0 spiro atoms. The number of hydrogen-bond donors (Lipinski definition) is 1. The highest BCUT2D eigenvalue weighted by Gasteiger charge is 2.09. The quantitative estimate of drug-likeness (QED) is 0.861. The number of anilines is 1. The fraction of sp³-hybridized carbons (Fsp3) is 0.0714. The standard InChI is InChI=1S/C14H11Cl2NO2/c1-19-14(18)17-13-5-3-2-4-10(13)9-6-7-11(15)12(16)8-9/h2-8H,1H3,(H,17,18). The van der Waals surface area contributed by atoms with Gasteiger partial charge in [-0.15, -0.1) is 0 Å². The maximum atomic E-state index is 11.3. The van der Waals surface area contributed by atoms with Crippen LogP contribution in [-0.2, 0) is 4.74 Å². The normalized spacial score (nSPS) is 10.1. The zero-order valence-electron chi connectivity index (χ0n) is 10.1. The number of benzene rings is 2. The zero-order chi connectivity index (χ0) is 13.8. The van der Waals surface area contributed by atoms with Crippen molar-refractivity contribution in [2.75, 3.05) is 12.4 Å². The summed E-state index contributed by atoms with van der Waals surface area (Å²) in [4.78, 5) is 11.3. The van der Waals surface area contributed by atoms with E-state index in [2.05, 4.69) is 10.1 Å². The molecule has 0 heterocycles. The Kier molecular flexibility index (Phi) is 4.30. The van der Waals surface area contributed by atoms with E-state index < -0.39 is 6.09 Å². The maximum Gasteiger partial charge on any atom is 0.411 e. The minimum absolute atomic E-state index is 0.465. The highest BCUT2D eigenvalue weighted by molar-refractivity contribution is 6.42. The molecule has 0 fully saturated rings. The first-order chi connectivity index (χ1) is 9.11. The number of carbonyl (C=O) groups excluding carboxylic acids is 1. The van der Waals surface area contributed by atoms with Crippen molar-refractivity contribution < 1.29 is 9.53 Å². The molecule has 5 heteroatoms. The molecule has 3 nitrogen and oxygen atoms in total. The summed E-state index contributed by atoms with van der Waals surface area (Å²) in [7, 11) is 1.32. The molecule has 1 N–H and O–H groups in total. The van der Waals surface area contributed by atoms with E-state index >= 15 is 0 Å². The Morgan fingerprint density at radius 1 is 1.11 bits per heavy atom. The van der Waals surface area contributed by atoms with Crippen molar-refractivity contribution in [1.29, 1.82) is 0 Å². The summed E-state index contributed by atoms with van der Waals surface area (Å²) in [5, 5.41) is 3.61. The number of methoxy groups -OCH3 is 1. The van der Waals surface area contributed by atoms with Crippen molar-refractivity contribution in [3.05, 3.63) is 52.5 Å². The van der Waals surface area contributed by atoms with Gasteiger partial charge in [-0.2, -0.15) is 0 Å².